The number of rotatable bonds is 2. The van der Waals surface area contributed by atoms with E-state index in [1.54, 1.807) is 29.2 Å². The molecule has 3 aromatic rings. The van der Waals surface area contributed by atoms with Crippen LogP contribution in [0.1, 0.15) is 16.2 Å². The van der Waals surface area contributed by atoms with Crippen molar-refractivity contribution < 1.29 is 4.79 Å². The monoisotopic (exact) mass is 237 g/mol. The minimum atomic E-state index is -0.0823. The second-order valence-electron chi connectivity index (χ2n) is 4.07. The van der Waals surface area contributed by atoms with Gasteiger partial charge in [-0.05, 0) is 12.1 Å². The number of imidazole rings is 1. The highest BCUT2D eigenvalue weighted by Crippen LogP contribution is 2.18. The first kappa shape index (κ1) is 10.7. The first-order chi connectivity index (χ1) is 8.77. The molecule has 0 radical (unpaired) electrons. The molecule has 0 aliphatic rings. The van der Waals surface area contributed by atoms with Crippen molar-refractivity contribution in [2.75, 3.05) is 0 Å². The lowest BCUT2D eigenvalue weighted by Crippen LogP contribution is -2.09. The molecule has 0 saturated heterocycles. The van der Waals surface area contributed by atoms with Gasteiger partial charge in [0.25, 0.3) is 0 Å². The molecule has 4 heteroatoms. The van der Waals surface area contributed by atoms with Gasteiger partial charge in [-0.3, -0.25) is 9.78 Å². The van der Waals surface area contributed by atoms with Gasteiger partial charge in [0.15, 0.2) is 5.82 Å². The molecule has 0 atom stereocenters. The molecule has 0 bridgehead atoms. The van der Waals surface area contributed by atoms with Crippen LogP contribution in [0.4, 0.5) is 0 Å². The standard InChI is InChI=1S/C14H11N3O/c1-17-9-8-16-14(17)13(18)11-6-7-15-12-5-3-2-4-10(11)12/h2-9H,1H3. The zero-order valence-corrected chi connectivity index (χ0v) is 9.87. The normalized spacial score (nSPS) is 10.7. The Bertz CT molecular complexity index is 725. The van der Waals surface area contributed by atoms with Crippen molar-refractivity contribution in [3.63, 3.8) is 0 Å². The molecule has 2 aromatic heterocycles. The molecule has 18 heavy (non-hydrogen) atoms. The van der Waals surface area contributed by atoms with Crippen LogP contribution in [-0.2, 0) is 7.05 Å². The lowest BCUT2D eigenvalue weighted by atomic mass is 10.1. The van der Waals surface area contributed by atoms with Crippen molar-refractivity contribution in [1.82, 2.24) is 14.5 Å². The van der Waals surface area contributed by atoms with Crippen molar-refractivity contribution in [2.24, 2.45) is 7.05 Å². The van der Waals surface area contributed by atoms with Gasteiger partial charge < -0.3 is 4.57 Å². The number of carbonyl (C=O) groups is 1. The predicted octanol–water partition coefficient (Wildman–Crippen LogP) is 2.20. The summed E-state index contributed by atoms with van der Waals surface area (Å²) in [6, 6.07) is 9.34. The van der Waals surface area contributed by atoms with Crippen molar-refractivity contribution in [3.05, 3.63) is 60.3 Å². The van der Waals surface area contributed by atoms with Gasteiger partial charge in [0, 0.05) is 36.6 Å². The Morgan fingerprint density at radius 3 is 2.72 bits per heavy atom. The van der Waals surface area contributed by atoms with Gasteiger partial charge in [-0.25, -0.2) is 4.98 Å². The van der Waals surface area contributed by atoms with E-state index < -0.39 is 0 Å². The van der Waals surface area contributed by atoms with Crippen LogP contribution in [0.15, 0.2) is 48.9 Å². The van der Waals surface area contributed by atoms with Crippen LogP contribution in [0.25, 0.3) is 10.9 Å². The first-order valence-electron chi connectivity index (χ1n) is 5.63. The Morgan fingerprint density at radius 1 is 1.11 bits per heavy atom. The average Bonchev–Trinajstić information content (AvgIpc) is 2.83. The van der Waals surface area contributed by atoms with E-state index in [4.69, 9.17) is 0 Å². The summed E-state index contributed by atoms with van der Waals surface area (Å²) in [5.41, 5.74) is 1.45. The number of carbonyl (C=O) groups excluding carboxylic acids is 1. The summed E-state index contributed by atoms with van der Waals surface area (Å²) in [5.74, 6) is 0.354. The summed E-state index contributed by atoms with van der Waals surface area (Å²) in [7, 11) is 1.81. The Kier molecular flexibility index (Phi) is 2.41. The van der Waals surface area contributed by atoms with E-state index in [0.717, 1.165) is 10.9 Å². The molecule has 0 aliphatic carbocycles. The van der Waals surface area contributed by atoms with Gasteiger partial charge in [0.1, 0.15) is 0 Å². The molecule has 88 valence electrons. The third kappa shape index (κ3) is 1.59. The summed E-state index contributed by atoms with van der Waals surface area (Å²) in [4.78, 5) is 20.8. The SMILES string of the molecule is Cn1ccnc1C(=O)c1ccnc2ccccc12. The summed E-state index contributed by atoms with van der Waals surface area (Å²) >= 11 is 0. The van der Waals surface area contributed by atoms with Gasteiger partial charge in [-0.15, -0.1) is 0 Å². The number of para-hydroxylation sites is 1. The summed E-state index contributed by atoms with van der Waals surface area (Å²) in [6.45, 7) is 0. The minimum Gasteiger partial charge on any atom is -0.331 e. The number of hydrogen-bond donors (Lipinski definition) is 0. The van der Waals surface area contributed by atoms with Gasteiger partial charge in [-0.2, -0.15) is 0 Å². The first-order valence-corrected chi connectivity index (χ1v) is 5.63. The fraction of sp³-hybridized carbons (Fsp3) is 0.0714. The van der Waals surface area contributed by atoms with Crippen LogP contribution in [0.2, 0.25) is 0 Å². The van der Waals surface area contributed by atoms with Crippen LogP contribution >= 0.6 is 0 Å². The number of benzene rings is 1. The summed E-state index contributed by atoms with van der Waals surface area (Å²) in [6.07, 6.45) is 5.03. The highest BCUT2D eigenvalue weighted by Gasteiger charge is 2.16. The number of pyridine rings is 1. The molecule has 0 aliphatic heterocycles. The van der Waals surface area contributed by atoms with E-state index in [1.165, 1.54) is 0 Å². The zero-order valence-electron chi connectivity index (χ0n) is 9.87. The summed E-state index contributed by atoms with van der Waals surface area (Å²) < 4.78 is 1.72. The molecular formula is C14H11N3O. The van der Waals surface area contributed by atoms with Gasteiger partial charge in [0.2, 0.25) is 5.78 Å². The van der Waals surface area contributed by atoms with E-state index in [1.807, 2.05) is 31.3 Å². The molecule has 0 amide bonds. The number of ketones is 1. The molecule has 0 saturated carbocycles. The van der Waals surface area contributed by atoms with Gasteiger partial charge in [-0.1, -0.05) is 18.2 Å². The molecular weight excluding hydrogens is 226 g/mol. The average molecular weight is 237 g/mol. The molecule has 1 aromatic carbocycles. The van der Waals surface area contributed by atoms with Crippen LogP contribution in [-0.4, -0.2) is 20.3 Å². The van der Waals surface area contributed by atoms with Crippen LogP contribution in [0.5, 0.6) is 0 Å². The lowest BCUT2D eigenvalue weighted by Gasteiger charge is -2.04. The topological polar surface area (TPSA) is 47.8 Å². The molecule has 3 rings (SSSR count). The molecule has 0 spiro atoms. The molecule has 4 nitrogen and oxygen atoms in total. The van der Waals surface area contributed by atoms with E-state index in [0.29, 0.717) is 11.4 Å². The second kappa shape index (κ2) is 4.07. The van der Waals surface area contributed by atoms with E-state index >= 15 is 0 Å². The molecule has 0 N–H and O–H groups in total. The van der Waals surface area contributed by atoms with Gasteiger partial charge >= 0.3 is 0 Å². The number of nitrogens with zero attached hydrogens (tertiary/aromatic N) is 3. The lowest BCUT2D eigenvalue weighted by molar-refractivity contribution is 0.102. The maximum absolute atomic E-state index is 12.4. The van der Waals surface area contributed by atoms with Crippen LogP contribution < -0.4 is 0 Å². The Morgan fingerprint density at radius 2 is 1.94 bits per heavy atom. The van der Waals surface area contributed by atoms with E-state index in [9.17, 15) is 4.79 Å². The van der Waals surface area contributed by atoms with Crippen molar-refractivity contribution in [1.29, 1.82) is 0 Å². The number of aromatic nitrogens is 3. The Hall–Kier alpha value is -2.49. The minimum absolute atomic E-state index is 0.0823. The van der Waals surface area contributed by atoms with E-state index in [2.05, 4.69) is 9.97 Å². The fourth-order valence-corrected chi connectivity index (χ4v) is 2.00. The number of fused-ring (bicyclic) bond motifs is 1. The fourth-order valence-electron chi connectivity index (χ4n) is 2.00. The number of aryl methyl sites for hydroxylation is 1. The summed E-state index contributed by atoms with van der Waals surface area (Å²) in [5, 5.41) is 0.855. The van der Waals surface area contributed by atoms with E-state index in [-0.39, 0.29) is 5.78 Å². The molecule has 0 unspecified atom stereocenters. The van der Waals surface area contributed by atoms with Crippen LogP contribution in [0.3, 0.4) is 0 Å². The van der Waals surface area contributed by atoms with Crippen LogP contribution in [0, 0.1) is 0 Å². The quantitative estimate of drug-likeness (QED) is 0.642. The maximum atomic E-state index is 12.4. The predicted molar refractivity (Wildman–Crippen MR) is 68.4 cm³/mol. The molecule has 2 heterocycles. The maximum Gasteiger partial charge on any atom is 0.229 e. The van der Waals surface area contributed by atoms with Crippen molar-refractivity contribution in [3.8, 4) is 0 Å². The highest BCUT2D eigenvalue weighted by atomic mass is 16.1. The van der Waals surface area contributed by atoms with Crippen molar-refractivity contribution in [2.45, 2.75) is 0 Å². The molecule has 0 fully saturated rings. The highest BCUT2D eigenvalue weighted by molar-refractivity contribution is 6.14. The third-order valence-corrected chi connectivity index (χ3v) is 2.92. The van der Waals surface area contributed by atoms with Crippen molar-refractivity contribution >= 4 is 16.7 Å². The van der Waals surface area contributed by atoms with Gasteiger partial charge in [0.05, 0.1) is 5.52 Å². The zero-order chi connectivity index (χ0) is 12.5. The number of hydrogen-bond acceptors (Lipinski definition) is 3. The largest absolute Gasteiger partial charge is 0.331 e. The Balaban J connectivity index is 2.21. The second-order valence-corrected chi connectivity index (χ2v) is 4.07. The third-order valence-electron chi connectivity index (χ3n) is 2.92. The smallest absolute Gasteiger partial charge is 0.229 e. The Labute approximate surface area is 104 Å².